The minimum absolute atomic E-state index is 0.0324. The number of piperidine rings is 1. The molecule has 1 atom stereocenters. The maximum atomic E-state index is 12.8. The summed E-state index contributed by atoms with van der Waals surface area (Å²) in [5.74, 6) is 0.429. The van der Waals surface area contributed by atoms with E-state index in [9.17, 15) is 9.59 Å². The summed E-state index contributed by atoms with van der Waals surface area (Å²) < 4.78 is 5.13. The molecule has 4 rings (SSSR count). The number of rotatable bonds is 5. The first-order valence-corrected chi connectivity index (χ1v) is 11.7. The van der Waals surface area contributed by atoms with E-state index in [1.54, 1.807) is 48.4 Å². The Labute approximate surface area is 200 Å². The number of nitrogens with zero attached hydrogens (tertiary/aromatic N) is 3. The van der Waals surface area contributed by atoms with E-state index in [4.69, 9.17) is 16.3 Å². The molecule has 172 valence electrons. The van der Waals surface area contributed by atoms with Crippen molar-refractivity contribution >= 4 is 46.3 Å². The molecule has 2 aromatic carbocycles. The Kier molecular flexibility index (Phi) is 7.10. The molecule has 33 heavy (non-hydrogen) atoms. The molecule has 8 nitrogen and oxygen atoms in total. The molecule has 3 aromatic rings. The standard InChI is InChI=1S/C23H24ClN5O3S/c1-14-5-6-16(24)12-19(14)26-23(31)29-11-3-4-15(13-29)21-27-28-22(33-21)20(30)25-17-7-9-18(32-2)10-8-17/h5-10,12,15H,3-4,11,13H2,1-2H3,(H,25,30)(H,26,31)/t15-/m0/s1. The van der Waals surface area contributed by atoms with Crippen LogP contribution in [0.4, 0.5) is 16.2 Å². The van der Waals surface area contributed by atoms with Gasteiger partial charge in [0.15, 0.2) is 0 Å². The number of benzene rings is 2. The Hall–Kier alpha value is -3.17. The number of hydrogen-bond donors (Lipinski definition) is 2. The fourth-order valence-corrected chi connectivity index (χ4v) is 4.67. The van der Waals surface area contributed by atoms with Gasteiger partial charge in [-0.2, -0.15) is 0 Å². The lowest BCUT2D eigenvalue weighted by Gasteiger charge is -2.31. The molecule has 1 fully saturated rings. The SMILES string of the molecule is COc1ccc(NC(=O)c2nnc([C@H]3CCCN(C(=O)Nc4cc(Cl)ccc4C)C3)s2)cc1. The van der Waals surface area contributed by atoms with Gasteiger partial charge in [-0.25, -0.2) is 4.79 Å². The van der Waals surface area contributed by atoms with E-state index in [1.807, 2.05) is 13.0 Å². The van der Waals surface area contributed by atoms with Crippen LogP contribution in [0.15, 0.2) is 42.5 Å². The Morgan fingerprint density at radius 2 is 1.94 bits per heavy atom. The lowest BCUT2D eigenvalue weighted by molar-refractivity contribution is 0.102. The van der Waals surface area contributed by atoms with Crippen LogP contribution in [0.5, 0.6) is 5.75 Å². The second-order valence-corrected chi connectivity index (χ2v) is 9.25. The van der Waals surface area contributed by atoms with Crippen LogP contribution in [-0.2, 0) is 0 Å². The van der Waals surface area contributed by atoms with Crippen LogP contribution in [0, 0.1) is 6.92 Å². The molecule has 0 unspecified atom stereocenters. The van der Waals surface area contributed by atoms with Crippen LogP contribution in [0.3, 0.4) is 0 Å². The lowest BCUT2D eigenvalue weighted by atomic mass is 9.99. The van der Waals surface area contributed by atoms with Crippen molar-refractivity contribution in [3.63, 3.8) is 0 Å². The number of nitrogens with one attached hydrogen (secondary N) is 2. The first kappa shape index (κ1) is 23.0. The maximum Gasteiger partial charge on any atom is 0.321 e. The number of likely N-dealkylation sites (tertiary alicyclic amines) is 1. The number of ether oxygens (including phenoxy) is 1. The normalized spacial score (nSPS) is 15.7. The van der Waals surface area contributed by atoms with Gasteiger partial charge in [-0.1, -0.05) is 29.0 Å². The molecule has 0 radical (unpaired) electrons. The number of carbonyl (C=O) groups excluding carboxylic acids is 2. The van der Waals surface area contributed by atoms with Crippen LogP contribution in [0.2, 0.25) is 5.02 Å². The number of halogens is 1. The summed E-state index contributed by atoms with van der Waals surface area (Å²) in [5.41, 5.74) is 2.29. The molecule has 0 bridgehead atoms. The topological polar surface area (TPSA) is 96.4 Å². The fourth-order valence-electron chi connectivity index (χ4n) is 3.64. The number of carbonyl (C=O) groups is 2. The van der Waals surface area contributed by atoms with Crippen LogP contribution in [0.25, 0.3) is 0 Å². The Morgan fingerprint density at radius 1 is 1.15 bits per heavy atom. The van der Waals surface area contributed by atoms with Crippen LogP contribution in [-0.4, -0.2) is 47.2 Å². The molecule has 0 aliphatic carbocycles. The smallest absolute Gasteiger partial charge is 0.321 e. The number of anilines is 2. The average molecular weight is 486 g/mol. The van der Waals surface area contributed by atoms with E-state index < -0.39 is 0 Å². The summed E-state index contributed by atoms with van der Waals surface area (Å²) in [6.07, 6.45) is 1.73. The van der Waals surface area contributed by atoms with E-state index in [0.717, 1.165) is 23.4 Å². The molecule has 1 aliphatic heterocycles. The van der Waals surface area contributed by atoms with Crippen molar-refractivity contribution in [1.29, 1.82) is 0 Å². The average Bonchev–Trinajstić information content (AvgIpc) is 3.33. The highest BCUT2D eigenvalue weighted by Gasteiger charge is 2.28. The van der Waals surface area contributed by atoms with Crippen molar-refractivity contribution < 1.29 is 14.3 Å². The molecule has 3 amide bonds. The monoisotopic (exact) mass is 485 g/mol. The molecule has 0 saturated carbocycles. The van der Waals surface area contributed by atoms with Crippen molar-refractivity contribution in [2.45, 2.75) is 25.7 Å². The van der Waals surface area contributed by atoms with Crippen molar-refractivity contribution in [1.82, 2.24) is 15.1 Å². The summed E-state index contributed by atoms with van der Waals surface area (Å²) in [7, 11) is 1.59. The number of aryl methyl sites for hydroxylation is 1. The Balaban J connectivity index is 1.38. The summed E-state index contributed by atoms with van der Waals surface area (Å²) >= 11 is 7.33. The molecular formula is C23H24ClN5O3S. The number of urea groups is 1. The van der Waals surface area contributed by atoms with Gasteiger partial charge < -0.3 is 20.3 Å². The van der Waals surface area contributed by atoms with Crippen LogP contribution >= 0.6 is 22.9 Å². The van der Waals surface area contributed by atoms with E-state index in [1.165, 1.54) is 11.3 Å². The van der Waals surface area contributed by atoms with E-state index in [-0.39, 0.29) is 22.9 Å². The Morgan fingerprint density at radius 3 is 2.70 bits per heavy atom. The third-order valence-electron chi connectivity index (χ3n) is 5.48. The van der Waals surface area contributed by atoms with Crippen LogP contribution in [0.1, 0.15) is 39.1 Å². The summed E-state index contributed by atoms with van der Waals surface area (Å²) in [5, 5.41) is 15.7. The van der Waals surface area contributed by atoms with Gasteiger partial charge in [0, 0.05) is 35.4 Å². The summed E-state index contributed by atoms with van der Waals surface area (Å²) in [4.78, 5) is 27.2. The van der Waals surface area contributed by atoms with E-state index >= 15 is 0 Å². The van der Waals surface area contributed by atoms with Gasteiger partial charge in [0.1, 0.15) is 10.8 Å². The van der Waals surface area contributed by atoms with E-state index in [2.05, 4.69) is 20.8 Å². The lowest BCUT2D eigenvalue weighted by Crippen LogP contribution is -2.41. The van der Waals surface area contributed by atoms with Crippen molar-refractivity contribution in [2.24, 2.45) is 0 Å². The number of amides is 3. The first-order chi connectivity index (χ1) is 15.9. The highest BCUT2D eigenvalue weighted by molar-refractivity contribution is 7.13. The number of hydrogen-bond acceptors (Lipinski definition) is 6. The van der Waals surface area contributed by atoms with Gasteiger partial charge in [-0.3, -0.25) is 4.79 Å². The largest absolute Gasteiger partial charge is 0.497 e. The van der Waals surface area contributed by atoms with Gasteiger partial charge in [-0.05, 0) is 61.7 Å². The zero-order valence-corrected chi connectivity index (χ0v) is 19.9. The van der Waals surface area contributed by atoms with Gasteiger partial charge in [0.25, 0.3) is 5.91 Å². The van der Waals surface area contributed by atoms with Crippen LogP contribution < -0.4 is 15.4 Å². The molecule has 2 N–H and O–H groups in total. The zero-order valence-electron chi connectivity index (χ0n) is 18.3. The van der Waals surface area contributed by atoms with Gasteiger partial charge in [0.05, 0.1) is 7.11 Å². The predicted molar refractivity (Wildman–Crippen MR) is 130 cm³/mol. The zero-order chi connectivity index (χ0) is 23.4. The first-order valence-electron chi connectivity index (χ1n) is 10.5. The third-order valence-corrected chi connectivity index (χ3v) is 6.80. The van der Waals surface area contributed by atoms with Gasteiger partial charge >= 0.3 is 6.03 Å². The molecule has 10 heteroatoms. The van der Waals surface area contributed by atoms with Gasteiger partial charge in [0.2, 0.25) is 5.01 Å². The quantitative estimate of drug-likeness (QED) is 0.519. The van der Waals surface area contributed by atoms with Crippen molar-refractivity contribution in [3.8, 4) is 5.75 Å². The highest BCUT2D eigenvalue weighted by atomic mass is 35.5. The molecule has 0 spiro atoms. The molecule has 1 saturated heterocycles. The van der Waals surface area contributed by atoms with Crippen molar-refractivity contribution in [3.05, 3.63) is 63.1 Å². The summed E-state index contributed by atoms with van der Waals surface area (Å²) in [6.45, 7) is 3.09. The maximum absolute atomic E-state index is 12.8. The van der Waals surface area contributed by atoms with Crippen molar-refractivity contribution in [2.75, 3.05) is 30.8 Å². The predicted octanol–water partition coefficient (Wildman–Crippen LogP) is 5.17. The second kappa shape index (κ2) is 10.2. The molecule has 1 aromatic heterocycles. The van der Waals surface area contributed by atoms with E-state index in [0.29, 0.717) is 35.2 Å². The molecule has 2 heterocycles. The molecular weight excluding hydrogens is 462 g/mol. The third kappa shape index (κ3) is 5.61. The second-order valence-electron chi connectivity index (χ2n) is 7.80. The minimum Gasteiger partial charge on any atom is -0.497 e. The number of aromatic nitrogens is 2. The fraction of sp³-hybridized carbons (Fsp3) is 0.304. The molecule has 1 aliphatic rings. The Bertz CT molecular complexity index is 1150. The number of methoxy groups -OCH3 is 1. The summed E-state index contributed by atoms with van der Waals surface area (Å²) in [6, 6.07) is 12.3. The van der Waals surface area contributed by atoms with Gasteiger partial charge in [-0.15, -0.1) is 10.2 Å². The highest BCUT2D eigenvalue weighted by Crippen LogP contribution is 2.30. The minimum atomic E-state index is -0.314.